The Morgan fingerprint density at radius 1 is 1.30 bits per heavy atom. The smallest absolute Gasteiger partial charge is 0.266 e. The minimum Gasteiger partial charge on any atom is -0.484 e. The zero-order chi connectivity index (χ0) is 16.7. The number of hydrogen-bond acceptors (Lipinski definition) is 3. The van der Waals surface area contributed by atoms with Crippen LogP contribution in [0.15, 0.2) is 22.6 Å². The van der Waals surface area contributed by atoms with E-state index in [0.717, 1.165) is 29.1 Å². The van der Waals surface area contributed by atoms with Gasteiger partial charge in [-0.2, -0.15) is 9.61 Å². The van der Waals surface area contributed by atoms with Crippen molar-refractivity contribution in [3.8, 4) is 17.0 Å². The fourth-order valence-electron chi connectivity index (χ4n) is 2.48. The average Bonchev–Trinajstić information content (AvgIpc) is 2.95. The zero-order valence-electron chi connectivity index (χ0n) is 13.5. The van der Waals surface area contributed by atoms with Crippen LogP contribution < -0.4 is 4.74 Å². The molecule has 0 radical (unpaired) electrons. The van der Waals surface area contributed by atoms with E-state index >= 15 is 0 Å². The second kappa shape index (κ2) is 6.10. The Labute approximate surface area is 144 Å². The molecule has 122 valence electrons. The molecule has 0 unspecified atom stereocenters. The Morgan fingerprint density at radius 3 is 2.70 bits per heavy atom. The predicted octanol–water partition coefficient (Wildman–Crippen LogP) is 5.70. The van der Waals surface area contributed by atoms with Crippen LogP contribution in [0.3, 0.4) is 0 Å². The molecule has 0 amide bonds. The van der Waals surface area contributed by atoms with Crippen molar-refractivity contribution < 1.29 is 9.15 Å². The number of fused-ring (bicyclic) bond motifs is 1. The number of aromatic nitrogens is 2. The van der Waals surface area contributed by atoms with Gasteiger partial charge in [0.2, 0.25) is 5.75 Å². The second-order valence-corrected chi connectivity index (χ2v) is 6.44. The molecule has 0 N–H and O–H groups in total. The maximum atomic E-state index is 6.35. The third-order valence-corrected chi connectivity index (χ3v) is 4.39. The molecule has 4 nitrogen and oxygen atoms in total. The standard InChI is InChI=1S/C17H18Cl2N2O2/c1-5-9(2)22-16-10(3)20-21-15(11(4)23-17(16)21)13-7-6-12(18)8-14(13)19/h6-9H,5H2,1-4H3/t9-/m0/s1. The summed E-state index contributed by atoms with van der Waals surface area (Å²) in [5.41, 5.74) is 3.02. The number of benzene rings is 1. The summed E-state index contributed by atoms with van der Waals surface area (Å²) in [6.07, 6.45) is 1.00. The highest BCUT2D eigenvalue weighted by Crippen LogP contribution is 2.37. The van der Waals surface area contributed by atoms with Gasteiger partial charge < -0.3 is 9.15 Å². The van der Waals surface area contributed by atoms with Crippen LogP contribution in [0.4, 0.5) is 0 Å². The fraction of sp³-hybridized carbons (Fsp3) is 0.353. The van der Waals surface area contributed by atoms with Crippen LogP contribution in [0, 0.1) is 13.8 Å². The van der Waals surface area contributed by atoms with E-state index in [1.807, 2.05) is 26.8 Å². The third kappa shape index (κ3) is 2.81. The minimum absolute atomic E-state index is 0.0923. The number of hydrogen-bond donors (Lipinski definition) is 0. The van der Waals surface area contributed by atoms with E-state index in [-0.39, 0.29) is 6.10 Å². The maximum absolute atomic E-state index is 6.35. The van der Waals surface area contributed by atoms with E-state index in [4.69, 9.17) is 32.4 Å². The van der Waals surface area contributed by atoms with E-state index in [1.165, 1.54) is 0 Å². The molecular weight excluding hydrogens is 335 g/mol. The summed E-state index contributed by atoms with van der Waals surface area (Å²) < 4.78 is 13.6. The van der Waals surface area contributed by atoms with E-state index in [2.05, 4.69) is 12.0 Å². The fourth-order valence-corrected chi connectivity index (χ4v) is 2.98. The second-order valence-electron chi connectivity index (χ2n) is 5.60. The van der Waals surface area contributed by atoms with Crippen LogP contribution in [0.1, 0.15) is 31.7 Å². The molecule has 6 heteroatoms. The third-order valence-electron chi connectivity index (χ3n) is 3.84. The average molecular weight is 353 g/mol. The molecule has 0 bridgehead atoms. The lowest BCUT2D eigenvalue weighted by atomic mass is 10.1. The number of oxazole rings is 1. The summed E-state index contributed by atoms with van der Waals surface area (Å²) in [5, 5.41) is 5.72. The van der Waals surface area contributed by atoms with Crippen LogP contribution >= 0.6 is 23.2 Å². The highest BCUT2D eigenvalue weighted by Gasteiger charge is 2.23. The first-order chi connectivity index (χ1) is 10.9. The van der Waals surface area contributed by atoms with Crippen LogP contribution in [0.2, 0.25) is 10.0 Å². The first-order valence-corrected chi connectivity index (χ1v) is 8.28. The van der Waals surface area contributed by atoms with Crippen LogP contribution in [0.5, 0.6) is 5.75 Å². The molecule has 0 spiro atoms. The minimum atomic E-state index is 0.0923. The normalized spacial score (nSPS) is 12.8. The molecule has 0 saturated heterocycles. The maximum Gasteiger partial charge on any atom is 0.266 e. The van der Waals surface area contributed by atoms with E-state index in [0.29, 0.717) is 21.5 Å². The van der Waals surface area contributed by atoms with Crippen molar-refractivity contribution in [2.75, 3.05) is 0 Å². The quantitative estimate of drug-likeness (QED) is 0.604. The monoisotopic (exact) mass is 352 g/mol. The van der Waals surface area contributed by atoms with Gasteiger partial charge in [-0.3, -0.25) is 0 Å². The summed E-state index contributed by atoms with van der Waals surface area (Å²) in [4.78, 5) is 0. The van der Waals surface area contributed by atoms with Gasteiger partial charge in [-0.05, 0) is 45.4 Å². The summed E-state index contributed by atoms with van der Waals surface area (Å²) >= 11 is 12.3. The molecule has 3 rings (SSSR count). The SMILES string of the molecule is CC[C@H](C)Oc1c(C)nn2c(-c3ccc(Cl)cc3Cl)c(C)oc12. The van der Waals surface area contributed by atoms with Gasteiger partial charge in [-0.15, -0.1) is 0 Å². The summed E-state index contributed by atoms with van der Waals surface area (Å²) in [6.45, 7) is 7.89. The number of halogens is 2. The Bertz CT molecular complexity index is 867. The molecule has 0 saturated carbocycles. The largest absolute Gasteiger partial charge is 0.484 e. The lowest BCUT2D eigenvalue weighted by Crippen LogP contribution is -2.09. The van der Waals surface area contributed by atoms with Gasteiger partial charge in [0.15, 0.2) is 0 Å². The van der Waals surface area contributed by atoms with Crippen LogP contribution in [-0.2, 0) is 0 Å². The first kappa shape index (κ1) is 16.2. The van der Waals surface area contributed by atoms with Gasteiger partial charge in [-0.25, -0.2) is 0 Å². The highest BCUT2D eigenvalue weighted by molar-refractivity contribution is 6.36. The molecule has 0 aliphatic carbocycles. The zero-order valence-corrected chi connectivity index (χ0v) is 15.0. The molecule has 0 aliphatic rings. The predicted molar refractivity (Wildman–Crippen MR) is 92.8 cm³/mol. The van der Waals surface area contributed by atoms with Crippen molar-refractivity contribution in [1.82, 2.24) is 9.61 Å². The lowest BCUT2D eigenvalue weighted by molar-refractivity contribution is 0.215. The van der Waals surface area contributed by atoms with E-state index in [1.54, 1.807) is 16.6 Å². The van der Waals surface area contributed by atoms with Crippen molar-refractivity contribution in [3.05, 3.63) is 39.7 Å². The van der Waals surface area contributed by atoms with Crippen molar-refractivity contribution in [2.45, 2.75) is 40.2 Å². The lowest BCUT2D eigenvalue weighted by Gasteiger charge is -2.10. The van der Waals surface area contributed by atoms with Gasteiger partial charge in [0, 0.05) is 10.6 Å². The van der Waals surface area contributed by atoms with Crippen molar-refractivity contribution in [3.63, 3.8) is 0 Å². The molecule has 2 aromatic heterocycles. The molecule has 1 aromatic carbocycles. The van der Waals surface area contributed by atoms with E-state index < -0.39 is 0 Å². The van der Waals surface area contributed by atoms with Gasteiger partial charge in [-0.1, -0.05) is 30.1 Å². The molecule has 23 heavy (non-hydrogen) atoms. The summed E-state index contributed by atoms with van der Waals surface area (Å²) in [5.74, 6) is 1.41. The molecule has 3 aromatic rings. The van der Waals surface area contributed by atoms with Crippen LogP contribution in [-0.4, -0.2) is 15.7 Å². The van der Waals surface area contributed by atoms with Crippen molar-refractivity contribution >= 4 is 28.9 Å². The number of rotatable bonds is 4. The first-order valence-electron chi connectivity index (χ1n) is 7.53. The Hall–Kier alpha value is -1.65. The molecule has 2 heterocycles. The Morgan fingerprint density at radius 2 is 2.04 bits per heavy atom. The molecule has 1 atom stereocenters. The van der Waals surface area contributed by atoms with Gasteiger partial charge in [0.05, 0.1) is 11.1 Å². The molecule has 0 fully saturated rings. The summed E-state index contributed by atoms with van der Waals surface area (Å²) in [7, 11) is 0. The van der Waals surface area contributed by atoms with Crippen molar-refractivity contribution in [1.29, 1.82) is 0 Å². The van der Waals surface area contributed by atoms with Crippen LogP contribution in [0.25, 0.3) is 17.0 Å². The van der Waals surface area contributed by atoms with Gasteiger partial charge >= 0.3 is 0 Å². The number of aryl methyl sites for hydroxylation is 2. The number of ether oxygens (including phenoxy) is 1. The highest BCUT2D eigenvalue weighted by atomic mass is 35.5. The Balaban J connectivity index is 2.19. The summed E-state index contributed by atoms with van der Waals surface area (Å²) in [6, 6.07) is 5.38. The van der Waals surface area contributed by atoms with Crippen molar-refractivity contribution in [2.24, 2.45) is 0 Å². The topological polar surface area (TPSA) is 39.7 Å². The van der Waals surface area contributed by atoms with Gasteiger partial charge in [0.25, 0.3) is 5.71 Å². The van der Waals surface area contributed by atoms with Gasteiger partial charge in [0.1, 0.15) is 17.1 Å². The molecular formula is C17H18Cl2N2O2. The number of nitrogens with zero attached hydrogens (tertiary/aromatic N) is 2. The molecule has 0 aliphatic heterocycles. The Kier molecular flexibility index (Phi) is 4.30. The van der Waals surface area contributed by atoms with E-state index in [9.17, 15) is 0 Å².